The molecule has 1 heterocycles. The van der Waals surface area contributed by atoms with Crippen molar-refractivity contribution in [2.45, 2.75) is 39.2 Å². The molecule has 1 aliphatic heterocycles. The Morgan fingerprint density at radius 2 is 1.83 bits per heavy atom. The van der Waals surface area contributed by atoms with Gasteiger partial charge < -0.3 is 15.1 Å². The number of likely N-dealkylation sites (tertiary alicyclic amines) is 1. The number of rotatable bonds is 8. The van der Waals surface area contributed by atoms with Gasteiger partial charge in [-0.25, -0.2) is 0 Å². The van der Waals surface area contributed by atoms with Crippen molar-refractivity contribution in [3.63, 3.8) is 0 Å². The highest BCUT2D eigenvalue weighted by atomic mass is 16.2. The van der Waals surface area contributed by atoms with Gasteiger partial charge in [0.15, 0.2) is 0 Å². The minimum Gasteiger partial charge on any atom is -0.343 e. The number of carbonyl (C=O) groups is 1. The van der Waals surface area contributed by atoms with Crippen LogP contribution < -0.4 is 5.32 Å². The zero-order valence-corrected chi connectivity index (χ0v) is 15.6. The average molecular weight is 332 g/mol. The van der Waals surface area contributed by atoms with Crippen LogP contribution >= 0.6 is 0 Å². The molecule has 1 aromatic rings. The van der Waals surface area contributed by atoms with Gasteiger partial charge in [-0.3, -0.25) is 4.79 Å². The molecule has 1 aliphatic rings. The van der Waals surface area contributed by atoms with Crippen molar-refractivity contribution in [3.8, 4) is 0 Å². The van der Waals surface area contributed by atoms with Crippen molar-refractivity contribution in [2.24, 2.45) is 5.92 Å². The molecule has 0 aromatic heterocycles. The number of hydrogen-bond acceptors (Lipinski definition) is 3. The SMILES string of the molecule is CCN(C)Cc1ccc(CC2CCN(C(=O)CCNC)CC2)cc1. The van der Waals surface area contributed by atoms with E-state index in [-0.39, 0.29) is 0 Å². The molecule has 4 heteroatoms. The maximum absolute atomic E-state index is 12.1. The molecule has 1 saturated heterocycles. The van der Waals surface area contributed by atoms with Gasteiger partial charge in [0.25, 0.3) is 0 Å². The molecular formula is C20H33N3O. The van der Waals surface area contributed by atoms with Crippen LogP contribution in [0.5, 0.6) is 0 Å². The van der Waals surface area contributed by atoms with E-state index < -0.39 is 0 Å². The van der Waals surface area contributed by atoms with Crippen LogP contribution in [0.4, 0.5) is 0 Å². The molecule has 0 aliphatic carbocycles. The third kappa shape index (κ3) is 5.91. The average Bonchev–Trinajstić information content (AvgIpc) is 2.61. The first-order valence-corrected chi connectivity index (χ1v) is 9.31. The van der Waals surface area contributed by atoms with Crippen molar-refractivity contribution in [1.29, 1.82) is 0 Å². The van der Waals surface area contributed by atoms with Gasteiger partial charge in [0.05, 0.1) is 0 Å². The summed E-state index contributed by atoms with van der Waals surface area (Å²) in [6.45, 7) is 6.90. The maximum Gasteiger partial charge on any atom is 0.223 e. The summed E-state index contributed by atoms with van der Waals surface area (Å²) in [6.07, 6.45) is 4.02. The minimum atomic E-state index is 0.298. The Kier molecular flexibility index (Phi) is 7.73. The van der Waals surface area contributed by atoms with E-state index >= 15 is 0 Å². The fourth-order valence-corrected chi connectivity index (χ4v) is 3.31. The summed E-state index contributed by atoms with van der Waals surface area (Å²) >= 11 is 0. The fraction of sp³-hybridized carbons (Fsp3) is 0.650. The predicted molar refractivity (Wildman–Crippen MR) is 100 cm³/mol. The van der Waals surface area contributed by atoms with Gasteiger partial charge in [-0.05, 0) is 56.9 Å². The third-order valence-electron chi connectivity index (χ3n) is 5.10. The second-order valence-electron chi connectivity index (χ2n) is 7.03. The lowest BCUT2D eigenvalue weighted by atomic mass is 9.90. The first-order valence-electron chi connectivity index (χ1n) is 9.31. The van der Waals surface area contributed by atoms with Gasteiger partial charge in [0.2, 0.25) is 5.91 Å². The van der Waals surface area contributed by atoms with E-state index in [1.807, 2.05) is 11.9 Å². The molecule has 24 heavy (non-hydrogen) atoms. The van der Waals surface area contributed by atoms with E-state index in [4.69, 9.17) is 0 Å². The molecule has 1 fully saturated rings. The normalized spacial score (nSPS) is 15.9. The van der Waals surface area contributed by atoms with E-state index in [0.29, 0.717) is 18.2 Å². The van der Waals surface area contributed by atoms with Crippen LogP contribution in [-0.4, -0.2) is 56.0 Å². The highest BCUT2D eigenvalue weighted by molar-refractivity contribution is 5.76. The second kappa shape index (κ2) is 9.80. The molecule has 0 saturated carbocycles. The van der Waals surface area contributed by atoms with E-state index in [2.05, 4.69) is 48.5 Å². The zero-order chi connectivity index (χ0) is 17.4. The lowest BCUT2D eigenvalue weighted by Gasteiger charge is -2.32. The summed E-state index contributed by atoms with van der Waals surface area (Å²) in [4.78, 5) is 16.4. The maximum atomic E-state index is 12.1. The van der Waals surface area contributed by atoms with Crippen molar-refractivity contribution in [1.82, 2.24) is 15.1 Å². The highest BCUT2D eigenvalue weighted by Crippen LogP contribution is 2.22. The number of carbonyl (C=O) groups excluding carboxylic acids is 1. The molecule has 1 amide bonds. The van der Waals surface area contributed by atoms with Gasteiger partial charge in [-0.2, -0.15) is 0 Å². The van der Waals surface area contributed by atoms with E-state index in [1.54, 1.807) is 0 Å². The Bertz CT molecular complexity index is 492. The summed E-state index contributed by atoms with van der Waals surface area (Å²) < 4.78 is 0. The van der Waals surface area contributed by atoms with Crippen LogP contribution in [0, 0.1) is 5.92 Å². The number of hydrogen-bond donors (Lipinski definition) is 1. The van der Waals surface area contributed by atoms with Crippen molar-refractivity contribution in [3.05, 3.63) is 35.4 Å². The quantitative estimate of drug-likeness (QED) is 0.795. The number of nitrogens with zero attached hydrogens (tertiary/aromatic N) is 2. The molecule has 4 nitrogen and oxygen atoms in total. The van der Waals surface area contributed by atoms with Crippen LogP contribution in [0.2, 0.25) is 0 Å². The first kappa shape index (κ1) is 18.9. The Morgan fingerprint density at radius 1 is 1.21 bits per heavy atom. The van der Waals surface area contributed by atoms with Crippen LogP contribution in [0.15, 0.2) is 24.3 Å². The monoisotopic (exact) mass is 331 g/mol. The Hall–Kier alpha value is -1.39. The Balaban J connectivity index is 1.76. The van der Waals surface area contributed by atoms with Gasteiger partial charge in [0.1, 0.15) is 0 Å². The topological polar surface area (TPSA) is 35.6 Å². The molecule has 0 unspecified atom stereocenters. The fourth-order valence-electron chi connectivity index (χ4n) is 3.31. The van der Waals surface area contributed by atoms with Gasteiger partial charge in [-0.15, -0.1) is 0 Å². The van der Waals surface area contributed by atoms with Crippen molar-refractivity contribution < 1.29 is 4.79 Å². The van der Waals surface area contributed by atoms with Crippen LogP contribution in [0.3, 0.4) is 0 Å². The summed E-state index contributed by atoms with van der Waals surface area (Å²) in [5.74, 6) is 1.01. The molecule has 1 aromatic carbocycles. The smallest absolute Gasteiger partial charge is 0.223 e. The van der Waals surface area contributed by atoms with Gasteiger partial charge in [-0.1, -0.05) is 31.2 Å². The Labute approximate surface area is 147 Å². The lowest BCUT2D eigenvalue weighted by Crippen LogP contribution is -2.39. The van der Waals surface area contributed by atoms with E-state index in [9.17, 15) is 4.79 Å². The summed E-state index contributed by atoms with van der Waals surface area (Å²) in [7, 11) is 4.05. The van der Waals surface area contributed by atoms with Crippen LogP contribution in [0.25, 0.3) is 0 Å². The minimum absolute atomic E-state index is 0.298. The summed E-state index contributed by atoms with van der Waals surface area (Å²) in [5, 5.41) is 3.05. The third-order valence-corrected chi connectivity index (χ3v) is 5.10. The first-order chi connectivity index (χ1) is 11.6. The van der Waals surface area contributed by atoms with Crippen molar-refractivity contribution >= 4 is 5.91 Å². The molecule has 1 N–H and O–H groups in total. The molecule has 0 radical (unpaired) electrons. The number of nitrogens with one attached hydrogen (secondary N) is 1. The Morgan fingerprint density at radius 3 is 2.42 bits per heavy atom. The van der Waals surface area contributed by atoms with E-state index in [0.717, 1.165) is 52.0 Å². The molecule has 0 atom stereocenters. The van der Waals surface area contributed by atoms with E-state index in [1.165, 1.54) is 11.1 Å². The number of benzene rings is 1. The number of piperidine rings is 1. The number of amides is 1. The second-order valence-corrected chi connectivity index (χ2v) is 7.03. The highest BCUT2D eigenvalue weighted by Gasteiger charge is 2.22. The molecule has 0 spiro atoms. The standard InChI is InChI=1S/C20H33N3O/c1-4-22(3)16-19-7-5-17(6-8-19)15-18-10-13-23(14-11-18)20(24)9-12-21-2/h5-8,18,21H,4,9-16H2,1-3H3. The molecular weight excluding hydrogens is 298 g/mol. The van der Waals surface area contributed by atoms with Crippen molar-refractivity contribution in [2.75, 3.05) is 40.3 Å². The predicted octanol–water partition coefficient (Wildman–Crippen LogP) is 2.53. The van der Waals surface area contributed by atoms with Gasteiger partial charge >= 0.3 is 0 Å². The zero-order valence-electron chi connectivity index (χ0n) is 15.6. The summed E-state index contributed by atoms with van der Waals surface area (Å²) in [6, 6.07) is 9.09. The lowest BCUT2D eigenvalue weighted by molar-refractivity contribution is -0.132. The van der Waals surface area contributed by atoms with Crippen LogP contribution in [0.1, 0.15) is 37.3 Å². The summed E-state index contributed by atoms with van der Waals surface area (Å²) in [5.41, 5.74) is 2.81. The molecule has 134 valence electrons. The van der Waals surface area contributed by atoms with Crippen LogP contribution in [-0.2, 0) is 17.8 Å². The molecule has 0 bridgehead atoms. The largest absolute Gasteiger partial charge is 0.343 e. The van der Waals surface area contributed by atoms with Gasteiger partial charge in [0, 0.05) is 32.6 Å². The molecule has 2 rings (SSSR count).